The fourth-order valence-electron chi connectivity index (χ4n) is 7.90. The number of hydrogen-bond acceptors (Lipinski definition) is 6. The van der Waals surface area contributed by atoms with E-state index in [0.29, 0.717) is 11.1 Å². The SMILES string of the molecule is COC(=O)c1ccc(-c2cc3[nH]c2cc2nc(c(-c4n(C)cc[n+]4C)c4ccc([nH]4)c(-c4ccc(C(=O)OC)cc4)c4nc(c3-c3n(C)cc[n+]3C)C=C4)C=C2)cc1.[Cl-].[Cl-]. The van der Waals surface area contributed by atoms with E-state index in [9.17, 15) is 9.59 Å². The summed E-state index contributed by atoms with van der Waals surface area (Å²) < 4.78 is 18.3. The van der Waals surface area contributed by atoms with Gasteiger partial charge in [0.1, 0.15) is 35.9 Å². The van der Waals surface area contributed by atoms with Crippen molar-refractivity contribution in [3.63, 3.8) is 0 Å². The number of nitrogens with zero attached hydrogens (tertiary/aromatic N) is 6. The third-order valence-electron chi connectivity index (χ3n) is 10.7. The molecule has 2 aliphatic heterocycles. The topological polar surface area (TPSA) is 128 Å². The number of aryl methyl sites for hydroxylation is 4. The molecule has 2 N–H and O–H groups in total. The van der Waals surface area contributed by atoms with Crippen LogP contribution < -0.4 is 33.9 Å². The molecular weight excluding hydrogens is 799 g/mol. The summed E-state index contributed by atoms with van der Waals surface area (Å²) in [5.41, 5.74) is 12.7. The lowest BCUT2D eigenvalue weighted by atomic mass is 10.0. The van der Waals surface area contributed by atoms with Gasteiger partial charge in [-0.15, -0.1) is 0 Å². The molecule has 2 aliphatic rings. The van der Waals surface area contributed by atoms with Gasteiger partial charge in [-0.3, -0.25) is 0 Å². The molecule has 7 heterocycles. The van der Waals surface area contributed by atoms with Gasteiger partial charge in [0.15, 0.2) is 0 Å². The zero-order valence-electron chi connectivity index (χ0n) is 33.6. The van der Waals surface area contributed by atoms with Crippen molar-refractivity contribution >= 4 is 58.3 Å². The lowest BCUT2D eigenvalue weighted by Crippen LogP contribution is -3.00. The number of imidazole rings is 2. The molecule has 0 spiro atoms. The van der Waals surface area contributed by atoms with Crippen LogP contribution in [0.1, 0.15) is 43.5 Å². The molecule has 0 unspecified atom stereocenters. The van der Waals surface area contributed by atoms with Crippen LogP contribution in [0.5, 0.6) is 0 Å². The number of benzene rings is 2. The number of ether oxygens (including phenoxy) is 2. The zero-order valence-corrected chi connectivity index (χ0v) is 35.1. The largest absolute Gasteiger partial charge is 1.00 e. The number of halogens is 2. The highest BCUT2D eigenvalue weighted by Crippen LogP contribution is 2.37. The Kier molecular flexibility index (Phi) is 11.2. The number of H-pyrrole nitrogens is 2. The lowest BCUT2D eigenvalue weighted by molar-refractivity contribution is -0.659. The predicted molar refractivity (Wildman–Crippen MR) is 224 cm³/mol. The van der Waals surface area contributed by atoms with Crippen molar-refractivity contribution in [3.05, 3.63) is 131 Å². The van der Waals surface area contributed by atoms with E-state index in [0.717, 1.165) is 89.9 Å². The summed E-state index contributed by atoms with van der Waals surface area (Å²) in [7, 11) is 10.8. The van der Waals surface area contributed by atoms with Gasteiger partial charge in [0.05, 0.1) is 87.3 Å². The molecule has 8 bridgehead atoms. The Bertz CT molecular complexity index is 3020. The van der Waals surface area contributed by atoms with Gasteiger partial charge in [-0.25, -0.2) is 37.8 Å². The van der Waals surface area contributed by atoms with E-state index in [1.54, 1.807) is 24.3 Å². The number of carbonyl (C=O) groups excluding carboxylic acids is 2. The third kappa shape index (κ3) is 7.09. The first-order valence-electron chi connectivity index (χ1n) is 18.7. The van der Waals surface area contributed by atoms with Gasteiger partial charge < -0.3 is 44.3 Å². The molecule has 302 valence electrons. The molecule has 0 radical (unpaired) electrons. The Hall–Kier alpha value is -7.02. The molecule has 0 aliphatic carbocycles. The molecule has 0 saturated heterocycles. The van der Waals surface area contributed by atoms with Crippen molar-refractivity contribution in [1.82, 2.24) is 29.1 Å². The molecule has 12 nitrogen and oxygen atoms in total. The van der Waals surface area contributed by atoms with E-state index in [1.165, 1.54) is 14.2 Å². The number of hydrogen-bond donors (Lipinski definition) is 2. The Balaban J connectivity index is 0.00000272. The predicted octanol–water partition coefficient (Wildman–Crippen LogP) is 1.23. The lowest BCUT2D eigenvalue weighted by Gasteiger charge is -2.06. The van der Waals surface area contributed by atoms with Crippen LogP contribution in [-0.2, 0) is 37.7 Å². The second-order valence-corrected chi connectivity index (χ2v) is 14.4. The second kappa shape index (κ2) is 16.3. The minimum Gasteiger partial charge on any atom is -1.00 e. The van der Waals surface area contributed by atoms with Crippen molar-refractivity contribution in [2.75, 3.05) is 14.2 Å². The average molecular weight is 840 g/mol. The maximum Gasteiger partial charge on any atom is 0.337 e. The smallest absolute Gasteiger partial charge is 0.337 e. The second-order valence-electron chi connectivity index (χ2n) is 14.4. The van der Waals surface area contributed by atoms with Gasteiger partial charge in [0.25, 0.3) is 11.6 Å². The van der Waals surface area contributed by atoms with Crippen LogP contribution >= 0.6 is 0 Å². The highest BCUT2D eigenvalue weighted by molar-refractivity contribution is 5.99. The number of methoxy groups -OCH3 is 2. The van der Waals surface area contributed by atoms with Gasteiger partial charge in [-0.1, -0.05) is 24.3 Å². The van der Waals surface area contributed by atoms with E-state index >= 15 is 0 Å². The molecular formula is C46H40Cl2N8O4. The fraction of sp³-hybridized carbons (Fsp3) is 0.130. The number of nitrogens with one attached hydrogen (secondary N) is 2. The maximum absolute atomic E-state index is 12.5. The van der Waals surface area contributed by atoms with Gasteiger partial charge in [0, 0.05) is 22.2 Å². The number of rotatable bonds is 6. The summed E-state index contributed by atoms with van der Waals surface area (Å²) in [5.74, 6) is 1.09. The first kappa shape index (κ1) is 41.2. The van der Waals surface area contributed by atoms with Crippen LogP contribution in [0.2, 0.25) is 0 Å². The molecule has 0 fully saturated rings. The molecule has 7 aromatic rings. The van der Waals surface area contributed by atoms with Crippen LogP contribution in [-0.4, -0.2) is 55.2 Å². The molecule has 14 heteroatoms. The van der Waals surface area contributed by atoms with Crippen molar-refractivity contribution in [3.8, 4) is 45.0 Å². The van der Waals surface area contributed by atoms with Crippen LogP contribution in [0.25, 0.3) is 91.4 Å². The van der Waals surface area contributed by atoms with Gasteiger partial charge in [-0.05, 0) is 84.0 Å². The number of fused-ring (bicyclic) bond motifs is 8. The number of aromatic nitrogens is 8. The molecule has 5 aromatic heterocycles. The molecule has 0 saturated carbocycles. The summed E-state index contributed by atoms with van der Waals surface area (Å²) in [6, 6.07) is 23.1. The van der Waals surface area contributed by atoms with Gasteiger partial charge >= 0.3 is 11.9 Å². The van der Waals surface area contributed by atoms with Crippen molar-refractivity contribution in [2.24, 2.45) is 28.2 Å². The Labute approximate surface area is 358 Å². The van der Waals surface area contributed by atoms with Crippen LogP contribution in [0, 0.1) is 0 Å². The third-order valence-corrected chi connectivity index (χ3v) is 10.7. The zero-order chi connectivity index (χ0) is 40.2. The highest BCUT2D eigenvalue weighted by atomic mass is 35.5. The molecule has 60 heavy (non-hydrogen) atoms. The minimum atomic E-state index is -0.405. The standard InChI is InChI=1S/C46H38N8O4.2ClH/c1-51-21-22-52(2)43(51)41-35-16-15-31(47-35)25-38-32(27-7-11-29(12-8-27)45(55)57-5)26-39(50-38)42(44-53(3)23-24-54(44)4)37-20-18-34(49-37)40(33-17-19-36(41)48-33)28-9-13-30(14-10-28)46(56)58-6;;/h7-26H,1-6H3;2*1H. The summed E-state index contributed by atoms with van der Waals surface area (Å²) >= 11 is 0. The normalized spacial score (nSPS) is 11.6. The molecule has 2 aromatic carbocycles. The Morgan fingerprint density at radius 2 is 1.03 bits per heavy atom. The molecule has 9 rings (SSSR count). The monoisotopic (exact) mass is 838 g/mol. The van der Waals surface area contributed by atoms with E-state index in [4.69, 9.17) is 19.4 Å². The Morgan fingerprint density at radius 1 is 0.567 bits per heavy atom. The number of aromatic amines is 2. The average Bonchev–Trinajstić information content (AvgIpc) is 4.12. The van der Waals surface area contributed by atoms with Crippen molar-refractivity contribution < 1.29 is 53.0 Å². The van der Waals surface area contributed by atoms with Gasteiger partial charge in [0.2, 0.25) is 0 Å². The first-order valence-corrected chi connectivity index (χ1v) is 18.7. The molecule has 0 amide bonds. The highest BCUT2D eigenvalue weighted by Gasteiger charge is 2.26. The first-order chi connectivity index (χ1) is 28.1. The Morgan fingerprint density at radius 3 is 1.57 bits per heavy atom. The number of esters is 2. The van der Waals surface area contributed by atoms with E-state index in [2.05, 4.69) is 52.5 Å². The van der Waals surface area contributed by atoms with Crippen molar-refractivity contribution in [2.45, 2.75) is 0 Å². The summed E-state index contributed by atoms with van der Waals surface area (Å²) in [5, 5.41) is 0. The fourth-order valence-corrected chi connectivity index (χ4v) is 7.90. The summed E-state index contributed by atoms with van der Waals surface area (Å²) in [6.07, 6.45) is 16.2. The summed E-state index contributed by atoms with van der Waals surface area (Å²) in [4.78, 5) is 43.0. The number of carbonyl (C=O) groups is 2. The van der Waals surface area contributed by atoms with E-state index in [-0.39, 0.29) is 24.8 Å². The van der Waals surface area contributed by atoms with E-state index in [1.807, 2.05) is 102 Å². The maximum atomic E-state index is 12.5. The van der Waals surface area contributed by atoms with Crippen LogP contribution in [0.3, 0.4) is 0 Å². The quantitative estimate of drug-likeness (QED) is 0.192. The van der Waals surface area contributed by atoms with Gasteiger partial charge in [-0.2, -0.15) is 0 Å². The van der Waals surface area contributed by atoms with Crippen LogP contribution in [0.15, 0.2) is 97.6 Å². The minimum absolute atomic E-state index is 0. The molecule has 0 atom stereocenters. The van der Waals surface area contributed by atoms with Crippen LogP contribution in [0.4, 0.5) is 0 Å². The van der Waals surface area contributed by atoms with Crippen molar-refractivity contribution in [1.29, 1.82) is 0 Å². The summed E-state index contributed by atoms with van der Waals surface area (Å²) in [6.45, 7) is 0. The van der Waals surface area contributed by atoms with E-state index < -0.39 is 11.9 Å².